The van der Waals surface area contributed by atoms with Crippen molar-refractivity contribution in [2.75, 3.05) is 6.54 Å². The largest absolute Gasteiger partial charge is 0.386 e. The summed E-state index contributed by atoms with van der Waals surface area (Å²) in [6, 6.07) is 7.53. The van der Waals surface area contributed by atoms with Crippen molar-refractivity contribution in [3.8, 4) is 0 Å². The van der Waals surface area contributed by atoms with E-state index in [1.807, 2.05) is 24.3 Å². The summed E-state index contributed by atoms with van der Waals surface area (Å²) in [5, 5.41) is 13.6. The highest BCUT2D eigenvalue weighted by molar-refractivity contribution is 7.77. The van der Waals surface area contributed by atoms with Crippen LogP contribution >= 0.6 is 36.0 Å². The first kappa shape index (κ1) is 15.3. The van der Waals surface area contributed by atoms with Gasteiger partial charge in [-0.1, -0.05) is 29.8 Å². The topological polar surface area (TPSA) is 38.7 Å². The SMILES string of the molecule is OC(Cc1ccccc1Cl)(CN1NC=CN1S)C1(Cl)CC1. The minimum atomic E-state index is -1.10. The van der Waals surface area contributed by atoms with Crippen molar-refractivity contribution in [1.29, 1.82) is 0 Å². The zero-order valence-corrected chi connectivity index (χ0v) is 13.7. The Morgan fingerprint density at radius 3 is 2.67 bits per heavy atom. The molecule has 1 heterocycles. The highest BCUT2D eigenvalue weighted by atomic mass is 35.5. The maximum atomic E-state index is 11.2. The van der Waals surface area contributed by atoms with Crippen LogP contribution in [0.25, 0.3) is 0 Å². The molecule has 1 saturated carbocycles. The Morgan fingerprint density at radius 1 is 1.38 bits per heavy atom. The van der Waals surface area contributed by atoms with Crippen molar-refractivity contribution in [2.45, 2.75) is 29.7 Å². The predicted molar refractivity (Wildman–Crippen MR) is 87.7 cm³/mol. The van der Waals surface area contributed by atoms with Gasteiger partial charge >= 0.3 is 0 Å². The fourth-order valence-corrected chi connectivity index (χ4v) is 3.18. The first-order chi connectivity index (χ1) is 9.94. The van der Waals surface area contributed by atoms with Crippen molar-refractivity contribution in [3.63, 3.8) is 0 Å². The summed E-state index contributed by atoms with van der Waals surface area (Å²) in [6.45, 7) is 0.318. The number of alkyl halides is 1. The van der Waals surface area contributed by atoms with E-state index in [1.54, 1.807) is 21.9 Å². The summed E-state index contributed by atoms with van der Waals surface area (Å²) >= 11 is 17.1. The van der Waals surface area contributed by atoms with Gasteiger partial charge in [0.1, 0.15) is 5.60 Å². The van der Waals surface area contributed by atoms with Gasteiger partial charge in [-0.25, -0.2) is 4.41 Å². The molecular weight excluding hydrogens is 329 g/mol. The molecule has 1 aromatic carbocycles. The molecule has 2 N–H and O–H groups in total. The van der Waals surface area contributed by atoms with Crippen LogP contribution in [0.5, 0.6) is 0 Å². The van der Waals surface area contributed by atoms with E-state index < -0.39 is 10.5 Å². The van der Waals surface area contributed by atoms with Crippen molar-refractivity contribution < 1.29 is 5.11 Å². The quantitative estimate of drug-likeness (QED) is 0.566. The summed E-state index contributed by atoms with van der Waals surface area (Å²) in [4.78, 5) is -0.606. The normalized spacial score (nSPS) is 23.0. The molecule has 0 spiro atoms. The maximum absolute atomic E-state index is 11.2. The van der Waals surface area contributed by atoms with Gasteiger partial charge in [0.15, 0.2) is 0 Å². The van der Waals surface area contributed by atoms with E-state index in [9.17, 15) is 5.11 Å². The number of aliphatic hydroxyl groups is 1. The zero-order valence-electron chi connectivity index (χ0n) is 11.3. The van der Waals surface area contributed by atoms with E-state index in [4.69, 9.17) is 23.2 Å². The molecule has 21 heavy (non-hydrogen) atoms. The van der Waals surface area contributed by atoms with Crippen molar-refractivity contribution in [3.05, 3.63) is 47.3 Å². The van der Waals surface area contributed by atoms with Crippen molar-refractivity contribution in [2.24, 2.45) is 0 Å². The Kier molecular flexibility index (Phi) is 4.05. The number of hydrogen-bond acceptors (Lipinski definition) is 5. The number of β-amino-alcohol motifs (C(OH)–C–C–N with tert-alkyl or cyclic N) is 1. The highest BCUT2D eigenvalue weighted by Gasteiger charge is 2.58. The molecule has 0 amide bonds. The van der Waals surface area contributed by atoms with Crippen LogP contribution in [0.2, 0.25) is 5.02 Å². The number of hydrazine groups is 2. The lowest BCUT2D eigenvalue weighted by Gasteiger charge is -2.38. The van der Waals surface area contributed by atoms with E-state index in [0.717, 1.165) is 18.4 Å². The molecule has 3 rings (SSSR count). The third-order valence-corrected chi connectivity index (χ3v) is 5.50. The number of nitrogens with one attached hydrogen (secondary N) is 1. The lowest BCUT2D eigenvalue weighted by atomic mass is 9.89. The molecule has 2 aliphatic rings. The van der Waals surface area contributed by atoms with Crippen LogP contribution in [0, 0.1) is 0 Å². The van der Waals surface area contributed by atoms with E-state index in [2.05, 4.69) is 18.2 Å². The predicted octanol–water partition coefficient (Wildman–Crippen LogP) is 2.74. The zero-order chi connectivity index (χ0) is 15.1. The van der Waals surface area contributed by atoms with Gasteiger partial charge in [0, 0.05) is 23.8 Å². The fraction of sp³-hybridized carbons (Fsp3) is 0.429. The summed E-state index contributed by atoms with van der Waals surface area (Å²) in [7, 11) is 0. The standard InChI is InChI=1S/C14H17Cl2N3OS/c15-12-4-2-1-3-11(12)9-14(20,13(16)5-6-13)10-18-17-7-8-19(18)21/h1-4,7-8,17,20-21H,5-6,9-10H2. The number of nitrogens with zero attached hydrogens (tertiary/aromatic N) is 2. The molecule has 1 fully saturated rings. The number of thiol groups is 1. The Balaban J connectivity index is 1.82. The molecule has 114 valence electrons. The van der Waals surface area contributed by atoms with Crippen molar-refractivity contribution >= 4 is 36.0 Å². The number of benzene rings is 1. The molecule has 1 aliphatic heterocycles. The van der Waals surface area contributed by atoms with Gasteiger partial charge in [-0.15, -0.1) is 16.7 Å². The van der Waals surface area contributed by atoms with Gasteiger partial charge < -0.3 is 10.5 Å². The summed E-state index contributed by atoms with van der Waals surface area (Å²) in [5.74, 6) is 0. The third kappa shape index (κ3) is 2.98. The van der Waals surface area contributed by atoms with Gasteiger partial charge in [0.25, 0.3) is 0 Å². The molecule has 0 bridgehead atoms. The molecule has 1 atom stereocenters. The lowest BCUT2D eigenvalue weighted by molar-refractivity contribution is -0.0490. The van der Waals surface area contributed by atoms with Crippen LogP contribution in [0.1, 0.15) is 18.4 Å². The summed E-state index contributed by atoms with van der Waals surface area (Å²) < 4.78 is 1.58. The minimum absolute atomic E-state index is 0.318. The third-order valence-electron chi connectivity index (χ3n) is 4.05. The number of halogens is 2. The van der Waals surface area contributed by atoms with Crippen LogP contribution in [0.15, 0.2) is 36.7 Å². The molecule has 0 saturated heterocycles. The average molecular weight is 346 g/mol. The van der Waals surface area contributed by atoms with E-state index in [1.165, 1.54) is 0 Å². The number of hydrogen-bond donors (Lipinski definition) is 3. The molecule has 7 heteroatoms. The van der Waals surface area contributed by atoms with Gasteiger partial charge in [-0.2, -0.15) is 0 Å². The Hall–Kier alpha value is -0.590. The number of rotatable bonds is 5. The highest BCUT2D eigenvalue weighted by Crippen LogP contribution is 2.52. The second-order valence-corrected chi connectivity index (χ2v) is 7.13. The van der Waals surface area contributed by atoms with Crippen LogP contribution in [-0.2, 0) is 6.42 Å². The summed E-state index contributed by atoms with van der Waals surface area (Å²) in [6.07, 6.45) is 5.49. The average Bonchev–Trinajstić information content (AvgIpc) is 3.09. The van der Waals surface area contributed by atoms with Crippen LogP contribution in [-0.4, -0.2) is 31.7 Å². The van der Waals surface area contributed by atoms with Gasteiger partial charge in [-0.05, 0) is 37.3 Å². The molecule has 1 aromatic rings. The van der Waals surface area contributed by atoms with Gasteiger partial charge in [0.05, 0.1) is 11.4 Å². The molecule has 1 aliphatic carbocycles. The Bertz CT molecular complexity index is 567. The second-order valence-electron chi connectivity index (χ2n) is 5.59. The Morgan fingerprint density at radius 2 is 2.10 bits per heavy atom. The first-order valence-corrected chi connectivity index (χ1v) is 7.92. The second kappa shape index (κ2) is 5.56. The molecular formula is C14H17Cl2N3OS. The smallest absolute Gasteiger partial charge is 0.104 e. The van der Waals surface area contributed by atoms with Crippen molar-refractivity contribution in [1.82, 2.24) is 15.0 Å². The first-order valence-electron chi connectivity index (χ1n) is 6.77. The van der Waals surface area contributed by atoms with Gasteiger partial charge in [-0.3, -0.25) is 0 Å². The van der Waals surface area contributed by atoms with Crippen LogP contribution in [0.3, 0.4) is 0 Å². The van der Waals surface area contributed by atoms with E-state index >= 15 is 0 Å². The molecule has 1 unspecified atom stereocenters. The maximum Gasteiger partial charge on any atom is 0.104 e. The Labute approximate surface area is 139 Å². The van der Waals surface area contributed by atoms with E-state index in [0.29, 0.717) is 18.0 Å². The fourth-order valence-electron chi connectivity index (χ4n) is 2.58. The van der Waals surface area contributed by atoms with Crippen LogP contribution < -0.4 is 5.43 Å². The van der Waals surface area contributed by atoms with Crippen LogP contribution in [0.4, 0.5) is 0 Å². The van der Waals surface area contributed by atoms with Gasteiger partial charge in [0.2, 0.25) is 0 Å². The molecule has 0 radical (unpaired) electrons. The minimum Gasteiger partial charge on any atom is -0.386 e. The molecule has 4 nitrogen and oxygen atoms in total. The summed E-state index contributed by atoms with van der Waals surface area (Å²) in [5.41, 5.74) is 2.81. The lowest BCUT2D eigenvalue weighted by Crippen LogP contribution is -2.55. The monoisotopic (exact) mass is 345 g/mol. The molecule has 0 aromatic heterocycles. The van der Waals surface area contributed by atoms with E-state index in [-0.39, 0.29) is 0 Å².